The third-order valence-corrected chi connectivity index (χ3v) is 4.32. The van der Waals surface area contributed by atoms with Gasteiger partial charge in [0.2, 0.25) is 0 Å². The number of unbranched alkanes of at least 4 members (excludes halogenated alkanes) is 1. The topological polar surface area (TPSA) is 86.7 Å². The van der Waals surface area contributed by atoms with Crippen molar-refractivity contribution in [3.05, 3.63) is 29.8 Å². The highest BCUT2D eigenvalue weighted by molar-refractivity contribution is 7.90. The van der Waals surface area contributed by atoms with E-state index < -0.39 is 16.2 Å². The molecule has 2 N–H and O–H groups in total. The van der Waals surface area contributed by atoms with Gasteiger partial charge in [-0.3, -0.25) is 9.52 Å². The number of rotatable bonds is 8. The van der Waals surface area contributed by atoms with E-state index in [0.29, 0.717) is 17.8 Å². The summed E-state index contributed by atoms with van der Waals surface area (Å²) in [5.74, 6) is -1.00. The van der Waals surface area contributed by atoms with Crippen molar-refractivity contribution in [3.63, 3.8) is 0 Å². The molecule has 0 saturated heterocycles. The highest BCUT2D eigenvalue weighted by Gasteiger charge is 2.18. The second-order valence-electron chi connectivity index (χ2n) is 4.51. The van der Waals surface area contributed by atoms with Crippen molar-refractivity contribution in [1.82, 2.24) is 4.31 Å². The summed E-state index contributed by atoms with van der Waals surface area (Å²) in [6.07, 6.45) is 1.45. The summed E-state index contributed by atoms with van der Waals surface area (Å²) in [6.45, 7) is 2.41. The molecule has 0 fully saturated rings. The number of anilines is 1. The van der Waals surface area contributed by atoms with E-state index in [4.69, 9.17) is 5.11 Å². The van der Waals surface area contributed by atoms with Gasteiger partial charge in [-0.05, 0) is 18.1 Å². The van der Waals surface area contributed by atoms with Gasteiger partial charge in [0.1, 0.15) is 0 Å². The maximum absolute atomic E-state index is 12.1. The molecule has 0 bridgehead atoms. The van der Waals surface area contributed by atoms with Crippen LogP contribution in [-0.2, 0) is 21.4 Å². The molecule has 0 amide bonds. The van der Waals surface area contributed by atoms with Crippen molar-refractivity contribution in [1.29, 1.82) is 0 Å². The van der Waals surface area contributed by atoms with Gasteiger partial charge in [0.05, 0.1) is 12.1 Å². The van der Waals surface area contributed by atoms with E-state index in [-0.39, 0.29) is 6.42 Å². The monoisotopic (exact) mass is 300 g/mol. The first-order valence-electron chi connectivity index (χ1n) is 6.40. The molecule has 0 aliphatic heterocycles. The molecule has 7 heteroatoms. The van der Waals surface area contributed by atoms with Crippen LogP contribution in [0.2, 0.25) is 0 Å². The number of carbonyl (C=O) groups is 1. The first-order chi connectivity index (χ1) is 9.36. The molecule has 0 heterocycles. The van der Waals surface area contributed by atoms with Crippen LogP contribution in [0.1, 0.15) is 25.3 Å². The first kappa shape index (κ1) is 16.5. The molecule has 0 saturated carbocycles. The van der Waals surface area contributed by atoms with E-state index in [1.165, 1.54) is 11.4 Å². The average molecular weight is 300 g/mol. The number of hydrogen-bond donors (Lipinski definition) is 2. The Balaban J connectivity index is 2.89. The molecule has 112 valence electrons. The molecule has 1 aromatic rings. The molecule has 0 aliphatic carbocycles. The molecule has 1 aromatic carbocycles. The van der Waals surface area contributed by atoms with Crippen molar-refractivity contribution < 1.29 is 18.3 Å². The van der Waals surface area contributed by atoms with Crippen molar-refractivity contribution in [2.45, 2.75) is 26.2 Å². The second-order valence-corrected chi connectivity index (χ2v) is 6.29. The Bertz CT molecular complexity index is 557. The highest BCUT2D eigenvalue weighted by atomic mass is 32.2. The number of carboxylic acids is 1. The lowest BCUT2D eigenvalue weighted by molar-refractivity contribution is -0.136. The van der Waals surface area contributed by atoms with Gasteiger partial charge in [-0.25, -0.2) is 0 Å². The van der Waals surface area contributed by atoms with Gasteiger partial charge in [-0.1, -0.05) is 31.5 Å². The van der Waals surface area contributed by atoms with E-state index in [0.717, 1.165) is 12.8 Å². The number of hydrogen-bond acceptors (Lipinski definition) is 3. The Labute approximate surface area is 119 Å². The zero-order valence-electron chi connectivity index (χ0n) is 11.7. The summed E-state index contributed by atoms with van der Waals surface area (Å²) < 4.78 is 27.9. The van der Waals surface area contributed by atoms with Crippen molar-refractivity contribution in [3.8, 4) is 0 Å². The summed E-state index contributed by atoms with van der Waals surface area (Å²) in [5, 5.41) is 8.83. The van der Waals surface area contributed by atoms with Crippen molar-refractivity contribution in [2.24, 2.45) is 0 Å². The minimum absolute atomic E-state index is 0.225. The van der Waals surface area contributed by atoms with Crippen LogP contribution in [0, 0.1) is 0 Å². The zero-order chi connectivity index (χ0) is 15.2. The Hall–Kier alpha value is -1.60. The van der Waals surface area contributed by atoms with Gasteiger partial charge in [-0.2, -0.15) is 12.7 Å². The lowest BCUT2D eigenvalue weighted by atomic mass is 10.1. The van der Waals surface area contributed by atoms with Crippen molar-refractivity contribution >= 4 is 21.9 Å². The number of nitrogens with one attached hydrogen (secondary N) is 1. The summed E-state index contributed by atoms with van der Waals surface area (Å²) in [4.78, 5) is 10.8. The van der Waals surface area contributed by atoms with Gasteiger partial charge in [-0.15, -0.1) is 0 Å². The minimum atomic E-state index is -3.65. The van der Waals surface area contributed by atoms with E-state index in [1.54, 1.807) is 24.3 Å². The fourth-order valence-electron chi connectivity index (χ4n) is 1.65. The number of aliphatic carboxylic acids is 1. The normalized spacial score (nSPS) is 11.6. The summed E-state index contributed by atoms with van der Waals surface area (Å²) >= 11 is 0. The third kappa shape index (κ3) is 4.82. The van der Waals surface area contributed by atoms with Gasteiger partial charge in [0.15, 0.2) is 0 Å². The fraction of sp³-hybridized carbons (Fsp3) is 0.462. The molecule has 20 heavy (non-hydrogen) atoms. The molecule has 6 nitrogen and oxygen atoms in total. The van der Waals surface area contributed by atoms with Crippen LogP contribution < -0.4 is 4.72 Å². The first-order valence-corrected chi connectivity index (χ1v) is 7.84. The number of para-hydroxylation sites is 1. The Kier molecular flexibility index (Phi) is 5.97. The molecular formula is C13H20N2O4S. The van der Waals surface area contributed by atoms with Crippen LogP contribution in [0.5, 0.6) is 0 Å². The van der Waals surface area contributed by atoms with Crippen LogP contribution in [0.15, 0.2) is 24.3 Å². The third-order valence-electron chi connectivity index (χ3n) is 2.83. The summed E-state index contributed by atoms with van der Waals surface area (Å²) in [5.41, 5.74) is 0.741. The predicted molar refractivity (Wildman–Crippen MR) is 77.9 cm³/mol. The summed E-state index contributed by atoms with van der Waals surface area (Å²) in [7, 11) is -2.16. The Morgan fingerprint density at radius 2 is 2.00 bits per heavy atom. The number of benzene rings is 1. The molecule has 0 atom stereocenters. The van der Waals surface area contributed by atoms with Gasteiger partial charge >= 0.3 is 16.2 Å². The lowest BCUT2D eigenvalue weighted by Crippen LogP contribution is -2.33. The molecule has 0 radical (unpaired) electrons. The smallest absolute Gasteiger partial charge is 0.307 e. The molecule has 0 unspecified atom stereocenters. The summed E-state index contributed by atoms with van der Waals surface area (Å²) in [6, 6.07) is 6.49. The maximum Gasteiger partial charge on any atom is 0.307 e. The molecular weight excluding hydrogens is 280 g/mol. The largest absolute Gasteiger partial charge is 0.481 e. The van der Waals surface area contributed by atoms with Crippen LogP contribution in [0.4, 0.5) is 5.69 Å². The van der Waals surface area contributed by atoms with Crippen LogP contribution >= 0.6 is 0 Å². The number of nitrogens with zero attached hydrogens (tertiary/aromatic N) is 1. The minimum Gasteiger partial charge on any atom is -0.481 e. The maximum atomic E-state index is 12.1. The Morgan fingerprint density at radius 1 is 1.35 bits per heavy atom. The molecule has 0 aliphatic rings. The van der Waals surface area contributed by atoms with Gasteiger partial charge < -0.3 is 5.11 Å². The van der Waals surface area contributed by atoms with Gasteiger partial charge in [0.25, 0.3) is 0 Å². The van der Waals surface area contributed by atoms with E-state index in [1.807, 2.05) is 6.92 Å². The standard InChI is InChI=1S/C13H20N2O4S/c1-3-4-9-15(2)20(18,19)14-12-8-6-5-7-11(12)10-13(16)17/h5-8,14H,3-4,9-10H2,1-2H3,(H,16,17). The van der Waals surface area contributed by atoms with Crippen molar-refractivity contribution in [2.75, 3.05) is 18.3 Å². The zero-order valence-corrected chi connectivity index (χ0v) is 12.5. The van der Waals surface area contributed by atoms with Crippen LogP contribution in [0.25, 0.3) is 0 Å². The molecule has 1 rings (SSSR count). The van der Waals surface area contributed by atoms with Gasteiger partial charge in [0, 0.05) is 13.6 Å². The van der Waals surface area contributed by atoms with E-state index in [9.17, 15) is 13.2 Å². The SMILES string of the molecule is CCCCN(C)S(=O)(=O)Nc1ccccc1CC(=O)O. The fourth-order valence-corrected chi connectivity index (χ4v) is 2.66. The molecule has 0 aromatic heterocycles. The number of carboxylic acid groups (broad SMARTS) is 1. The lowest BCUT2D eigenvalue weighted by Gasteiger charge is -2.19. The Morgan fingerprint density at radius 3 is 2.60 bits per heavy atom. The second kappa shape index (κ2) is 7.25. The average Bonchev–Trinajstić information content (AvgIpc) is 2.37. The quantitative estimate of drug-likeness (QED) is 0.765. The van der Waals surface area contributed by atoms with Crippen LogP contribution in [-0.4, -0.2) is 37.4 Å². The van der Waals surface area contributed by atoms with E-state index in [2.05, 4.69) is 4.72 Å². The van der Waals surface area contributed by atoms with E-state index >= 15 is 0 Å². The highest BCUT2D eigenvalue weighted by Crippen LogP contribution is 2.18. The molecule has 0 spiro atoms. The predicted octanol–water partition coefficient (Wildman–Crippen LogP) is 1.70. The van der Waals surface area contributed by atoms with Crippen LogP contribution in [0.3, 0.4) is 0 Å².